The Labute approximate surface area is 152 Å². The third-order valence-corrected chi connectivity index (χ3v) is 4.15. The Bertz CT molecular complexity index is 716. The van der Waals surface area contributed by atoms with Gasteiger partial charge < -0.3 is 5.73 Å². The average Bonchev–Trinajstić information content (AvgIpc) is 2.57. The number of hydrogen-bond donors (Lipinski definition) is 1. The molecule has 0 amide bonds. The SMILES string of the molecule is Cc1cnc(CN(CCCCN)Cc2cc(C(F)(F)F)ccn2)c(C)c1. The van der Waals surface area contributed by atoms with Crippen LogP contribution in [0.3, 0.4) is 0 Å². The molecule has 2 rings (SSSR count). The fourth-order valence-electron chi connectivity index (χ4n) is 2.78. The number of aryl methyl sites for hydroxylation is 2. The molecule has 0 aromatic carbocycles. The van der Waals surface area contributed by atoms with E-state index in [0.29, 0.717) is 25.3 Å². The molecule has 7 heteroatoms. The van der Waals surface area contributed by atoms with Crippen LogP contribution >= 0.6 is 0 Å². The van der Waals surface area contributed by atoms with Crippen LogP contribution in [0.4, 0.5) is 13.2 Å². The highest BCUT2D eigenvalue weighted by Crippen LogP contribution is 2.29. The summed E-state index contributed by atoms with van der Waals surface area (Å²) in [5.74, 6) is 0. The van der Waals surface area contributed by atoms with Gasteiger partial charge in [-0.2, -0.15) is 13.2 Å². The highest BCUT2D eigenvalue weighted by atomic mass is 19.4. The first-order chi connectivity index (χ1) is 12.3. The molecule has 0 spiro atoms. The number of nitrogens with zero attached hydrogens (tertiary/aromatic N) is 3. The summed E-state index contributed by atoms with van der Waals surface area (Å²) >= 11 is 0. The maximum absolute atomic E-state index is 12.9. The fourth-order valence-corrected chi connectivity index (χ4v) is 2.78. The summed E-state index contributed by atoms with van der Waals surface area (Å²) in [6.45, 7) is 6.20. The topological polar surface area (TPSA) is 55.0 Å². The highest BCUT2D eigenvalue weighted by molar-refractivity contribution is 5.23. The van der Waals surface area contributed by atoms with Gasteiger partial charge in [0.2, 0.25) is 0 Å². The normalized spacial score (nSPS) is 12.0. The molecule has 2 aromatic rings. The first kappa shape index (κ1) is 20.3. The molecule has 0 bridgehead atoms. The summed E-state index contributed by atoms with van der Waals surface area (Å²) in [5.41, 5.74) is 8.37. The van der Waals surface area contributed by atoms with Crippen LogP contribution in [0.1, 0.15) is 40.9 Å². The molecule has 2 aromatic heterocycles. The van der Waals surface area contributed by atoms with Gasteiger partial charge in [-0.25, -0.2) is 0 Å². The van der Waals surface area contributed by atoms with E-state index in [1.807, 2.05) is 20.0 Å². The van der Waals surface area contributed by atoms with E-state index in [0.717, 1.165) is 48.3 Å². The third-order valence-electron chi connectivity index (χ3n) is 4.15. The van der Waals surface area contributed by atoms with Crippen LogP contribution in [-0.2, 0) is 19.3 Å². The first-order valence-corrected chi connectivity index (χ1v) is 8.66. The monoisotopic (exact) mass is 366 g/mol. The number of rotatable bonds is 8. The molecule has 26 heavy (non-hydrogen) atoms. The zero-order chi connectivity index (χ0) is 19.2. The van der Waals surface area contributed by atoms with Crippen LogP contribution in [0.2, 0.25) is 0 Å². The molecule has 2 N–H and O–H groups in total. The number of pyridine rings is 2. The van der Waals surface area contributed by atoms with E-state index in [2.05, 4.69) is 20.9 Å². The van der Waals surface area contributed by atoms with Crippen molar-refractivity contribution in [2.24, 2.45) is 5.73 Å². The number of alkyl halides is 3. The predicted octanol–water partition coefficient (Wildman–Crippen LogP) is 3.85. The van der Waals surface area contributed by atoms with Gasteiger partial charge in [0.05, 0.1) is 17.0 Å². The molecule has 2 heterocycles. The van der Waals surface area contributed by atoms with Gasteiger partial charge in [-0.05, 0) is 63.0 Å². The Hall–Kier alpha value is -1.99. The zero-order valence-electron chi connectivity index (χ0n) is 15.2. The number of nitrogens with two attached hydrogens (primary N) is 1. The maximum Gasteiger partial charge on any atom is 0.416 e. The van der Waals surface area contributed by atoms with Gasteiger partial charge in [-0.15, -0.1) is 0 Å². The Morgan fingerprint density at radius 2 is 1.85 bits per heavy atom. The highest BCUT2D eigenvalue weighted by Gasteiger charge is 2.30. The van der Waals surface area contributed by atoms with Crippen molar-refractivity contribution in [2.45, 2.75) is 46.0 Å². The summed E-state index contributed by atoms with van der Waals surface area (Å²) in [5, 5.41) is 0. The van der Waals surface area contributed by atoms with E-state index >= 15 is 0 Å². The van der Waals surface area contributed by atoms with Crippen molar-refractivity contribution < 1.29 is 13.2 Å². The minimum Gasteiger partial charge on any atom is -0.330 e. The van der Waals surface area contributed by atoms with Crippen LogP contribution in [0, 0.1) is 13.8 Å². The smallest absolute Gasteiger partial charge is 0.330 e. The molecule has 0 saturated heterocycles. The Morgan fingerprint density at radius 1 is 1.08 bits per heavy atom. The molecule has 0 atom stereocenters. The molecule has 0 fully saturated rings. The number of halogens is 3. The van der Waals surface area contributed by atoms with E-state index in [-0.39, 0.29) is 0 Å². The molecule has 0 unspecified atom stereocenters. The third kappa shape index (κ3) is 6.07. The van der Waals surface area contributed by atoms with Gasteiger partial charge in [-0.3, -0.25) is 14.9 Å². The quantitative estimate of drug-likeness (QED) is 0.721. The van der Waals surface area contributed by atoms with Crippen LogP contribution in [0.25, 0.3) is 0 Å². The number of aromatic nitrogens is 2. The van der Waals surface area contributed by atoms with Crippen molar-refractivity contribution in [3.63, 3.8) is 0 Å². The minimum absolute atomic E-state index is 0.337. The second kappa shape index (κ2) is 9.09. The standard InChI is InChI=1S/C19H25F3N4/c1-14-9-15(2)18(25-11-14)13-26(8-4-3-6-23)12-17-10-16(5-7-24-17)19(20,21)22/h5,7,9-11H,3-4,6,8,12-13,23H2,1-2H3. The largest absolute Gasteiger partial charge is 0.416 e. The van der Waals surface area contributed by atoms with Crippen molar-refractivity contribution in [2.75, 3.05) is 13.1 Å². The molecular formula is C19H25F3N4. The lowest BCUT2D eigenvalue weighted by atomic mass is 10.1. The Morgan fingerprint density at radius 3 is 2.50 bits per heavy atom. The van der Waals surface area contributed by atoms with Crippen LogP contribution in [-0.4, -0.2) is 28.0 Å². The average molecular weight is 366 g/mol. The first-order valence-electron chi connectivity index (χ1n) is 8.66. The van der Waals surface area contributed by atoms with E-state index in [1.165, 1.54) is 6.20 Å². The number of unbranched alkanes of at least 4 members (excludes halogenated alkanes) is 1. The van der Waals surface area contributed by atoms with Crippen molar-refractivity contribution in [3.05, 3.63) is 58.7 Å². The molecule has 0 aliphatic heterocycles. The number of hydrogen-bond acceptors (Lipinski definition) is 4. The van der Waals surface area contributed by atoms with Crippen LogP contribution < -0.4 is 5.73 Å². The molecular weight excluding hydrogens is 341 g/mol. The summed E-state index contributed by atoms with van der Waals surface area (Å²) in [6, 6.07) is 4.17. The van der Waals surface area contributed by atoms with Gasteiger partial charge >= 0.3 is 6.18 Å². The predicted molar refractivity (Wildman–Crippen MR) is 95.4 cm³/mol. The summed E-state index contributed by atoms with van der Waals surface area (Å²) < 4.78 is 38.8. The second-order valence-corrected chi connectivity index (χ2v) is 6.52. The van der Waals surface area contributed by atoms with Gasteiger partial charge in [0.1, 0.15) is 0 Å². The van der Waals surface area contributed by atoms with Crippen molar-refractivity contribution in [1.29, 1.82) is 0 Å². The Kier molecular flexibility index (Phi) is 7.11. The van der Waals surface area contributed by atoms with Crippen molar-refractivity contribution >= 4 is 0 Å². The van der Waals surface area contributed by atoms with Crippen LogP contribution in [0.5, 0.6) is 0 Å². The maximum atomic E-state index is 12.9. The molecule has 0 radical (unpaired) electrons. The Balaban J connectivity index is 2.16. The summed E-state index contributed by atoms with van der Waals surface area (Å²) in [6.07, 6.45) is 0.402. The molecule has 0 aliphatic carbocycles. The van der Waals surface area contributed by atoms with Crippen molar-refractivity contribution in [1.82, 2.24) is 14.9 Å². The van der Waals surface area contributed by atoms with E-state index < -0.39 is 11.7 Å². The fraction of sp³-hybridized carbons (Fsp3) is 0.474. The molecule has 4 nitrogen and oxygen atoms in total. The van der Waals surface area contributed by atoms with Gasteiger partial charge in [-0.1, -0.05) is 6.07 Å². The lowest BCUT2D eigenvalue weighted by molar-refractivity contribution is -0.137. The van der Waals surface area contributed by atoms with Gasteiger partial charge in [0.25, 0.3) is 0 Å². The van der Waals surface area contributed by atoms with Crippen LogP contribution in [0.15, 0.2) is 30.6 Å². The lowest BCUT2D eigenvalue weighted by Crippen LogP contribution is -2.26. The van der Waals surface area contributed by atoms with Gasteiger partial charge in [0.15, 0.2) is 0 Å². The second-order valence-electron chi connectivity index (χ2n) is 6.52. The van der Waals surface area contributed by atoms with E-state index in [4.69, 9.17) is 5.73 Å². The zero-order valence-corrected chi connectivity index (χ0v) is 15.2. The lowest BCUT2D eigenvalue weighted by Gasteiger charge is -2.23. The summed E-state index contributed by atoms with van der Waals surface area (Å²) in [4.78, 5) is 10.7. The van der Waals surface area contributed by atoms with E-state index in [9.17, 15) is 13.2 Å². The minimum atomic E-state index is -4.36. The molecule has 142 valence electrons. The summed E-state index contributed by atoms with van der Waals surface area (Å²) in [7, 11) is 0. The molecule has 0 saturated carbocycles. The van der Waals surface area contributed by atoms with Crippen molar-refractivity contribution in [3.8, 4) is 0 Å². The van der Waals surface area contributed by atoms with Gasteiger partial charge in [0, 0.05) is 25.5 Å². The van der Waals surface area contributed by atoms with E-state index in [1.54, 1.807) is 0 Å². The molecule has 0 aliphatic rings.